The van der Waals surface area contributed by atoms with Crippen molar-refractivity contribution < 1.29 is 9.13 Å². The van der Waals surface area contributed by atoms with Crippen molar-refractivity contribution in [2.24, 2.45) is 0 Å². The lowest BCUT2D eigenvalue weighted by molar-refractivity contribution is 0.369. The Hall–Kier alpha value is -1.79. The van der Waals surface area contributed by atoms with Crippen LogP contribution in [0.5, 0.6) is 5.75 Å². The summed E-state index contributed by atoms with van der Waals surface area (Å²) < 4.78 is 18.8. The van der Waals surface area contributed by atoms with E-state index in [1.54, 1.807) is 12.1 Å². The minimum Gasteiger partial charge on any atom is -0.481 e. The van der Waals surface area contributed by atoms with Crippen molar-refractivity contribution in [1.29, 1.82) is 0 Å². The first-order chi connectivity index (χ1) is 8.75. The van der Waals surface area contributed by atoms with Gasteiger partial charge in [0.2, 0.25) is 0 Å². The Morgan fingerprint density at radius 2 is 1.89 bits per heavy atom. The predicted molar refractivity (Wildman–Crippen MR) is 72.9 cm³/mol. The first kappa shape index (κ1) is 12.7. The Balaban J connectivity index is 1.93. The molecular weight excluding hydrogens is 295 g/mol. The van der Waals surface area contributed by atoms with Crippen molar-refractivity contribution in [2.75, 3.05) is 6.61 Å². The molecule has 0 aromatic heterocycles. The van der Waals surface area contributed by atoms with Gasteiger partial charge in [0.05, 0.1) is 4.47 Å². The number of ether oxygens (including phenoxy) is 1. The van der Waals surface area contributed by atoms with Gasteiger partial charge in [0.1, 0.15) is 18.2 Å². The third kappa shape index (κ3) is 3.61. The summed E-state index contributed by atoms with van der Waals surface area (Å²) >= 11 is 3.10. The van der Waals surface area contributed by atoms with Crippen molar-refractivity contribution in [3.63, 3.8) is 0 Å². The molecule has 0 N–H and O–H groups in total. The average Bonchev–Trinajstić information content (AvgIpc) is 2.40. The molecule has 2 aromatic rings. The molecule has 2 aromatic carbocycles. The zero-order chi connectivity index (χ0) is 12.8. The fourth-order valence-electron chi connectivity index (χ4n) is 1.35. The molecule has 0 heterocycles. The van der Waals surface area contributed by atoms with Gasteiger partial charge in [0, 0.05) is 5.56 Å². The molecule has 0 aliphatic carbocycles. The van der Waals surface area contributed by atoms with Gasteiger partial charge in [-0.15, -0.1) is 0 Å². The summed E-state index contributed by atoms with van der Waals surface area (Å²) in [5, 5.41) is 0. The van der Waals surface area contributed by atoms with Crippen LogP contribution in [0.2, 0.25) is 0 Å². The molecule has 2 rings (SSSR count). The van der Waals surface area contributed by atoms with Crippen LogP contribution in [0.15, 0.2) is 53.0 Å². The molecule has 90 valence electrons. The van der Waals surface area contributed by atoms with Crippen LogP contribution in [-0.2, 0) is 0 Å². The second-order valence-corrected chi connectivity index (χ2v) is 4.39. The third-order valence-electron chi connectivity index (χ3n) is 2.21. The van der Waals surface area contributed by atoms with Gasteiger partial charge in [-0.3, -0.25) is 0 Å². The van der Waals surface area contributed by atoms with Crippen molar-refractivity contribution >= 4 is 15.9 Å². The second-order valence-electron chi connectivity index (χ2n) is 3.53. The Labute approximate surface area is 114 Å². The summed E-state index contributed by atoms with van der Waals surface area (Å²) in [6, 6.07) is 14.2. The van der Waals surface area contributed by atoms with Gasteiger partial charge < -0.3 is 4.74 Å². The van der Waals surface area contributed by atoms with E-state index in [0.29, 0.717) is 10.2 Å². The Bertz CT molecular complexity index is 584. The van der Waals surface area contributed by atoms with Crippen LogP contribution in [0.3, 0.4) is 0 Å². The summed E-state index contributed by atoms with van der Waals surface area (Å²) in [7, 11) is 0. The minimum absolute atomic E-state index is 0.271. The zero-order valence-corrected chi connectivity index (χ0v) is 11.1. The van der Waals surface area contributed by atoms with E-state index in [-0.39, 0.29) is 12.4 Å². The highest BCUT2D eigenvalue weighted by Crippen LogP contribution is 2.21. The summed E-state index contributed by atoms with van der Waals surface area (Å²) in [4.78, 5) is 0. The van der Waals surface area contributed by atoms with Crippen LogP contribution in [0.25, 0.3) is 0 Å². The molecule has 0 aliphatic rings. The third-order valence-corrected chi connectivity index (χ3v) is 2.82. The van der Waals surface area contributed by atoms with Crippen molar-refractivity contribution in [3.8, 4) is 17.6 Å². The molecule has 0 atom stereocenters. The number of hydrogen-bond acceptors (Lipinski definition) is 1. The molecule has 0 radical (unpaired) electrons. The SMILES string of the molecule is Fc1ccc(OCC#Cc2ccccc2)cc1Br. The number of rotatable bonds is 2. The molecule has 3 heteroatoms. The van der Waals surface area contributed by atoms with Crippen molar-refractivity contribution in [2.45, 2.75) is 0 Å². The maximum absolute atomic E-state index is 13.0. The van der Waals surface area contributed by atoms with Gasteiger partial charge in [0.15, 0.2) is 0 Å². The largest absolute Gasteiger partial charge is 0.481 e. The lowest BCUT2D eigenvalue weighted by Crippen LogP contribution is -1.94. The molecule has 0 spiro atoms. The topological polar surface area (TPSA) is 9.23 Å². The van der Waals surface area contributed by atoms with Gasteiger partial charge in [-0.2, -0.15) is 0 Å². The normalized spacial score (nSPS) is 9.44. The molecule has 0 saturated carbocycles. The van der Waals surface area contributed by atoms with E-state index in [4.69, 9.17) is 4.74 Å². The maximum Gasteiger partial charge on any atom is 0.149 e. The number of benzene rings is 2. The summed E-state index contributed by atoms with van der Waals surface area (Å²) in [5.74, 6) is 6.16. The van der Waals surface area contributed by atoms with E-state index in [1.807, 2.05) is 30.3 Å². The summed E-state index contributed by atoms with van der Waals surface area (Å²) in [5.41, 5.74) is 0.946. The monoisotopic (exact) mass is 304 g/mol. The molecule has 0 saturated heterocycles. The van der Waals surface area contributed by atoms with Gasteiger partial charge in [-0.1, -0.05) is 30.0 Å². The van der Waals surface area contributed by atoms with E-state index < -0.39 is 0 Å². The number of halogens is 2. The quantitative estimate of drug-likeness (QED) is 0.762. The van der Waals surface area contributed by atoms with E-state index in [2.05, 4.69) is 27.8 Å². The van der Waals surface area contributed by atoms with Crippen LogP contribution in [0, 0.1) is 17.7 Å². The summed E-state index contributed by atoms with van der Waals surface area (Å²) in [6.07, 6.45) is 0. The smallest absolute Gasteiger partial charge is 0.149 e. The Morgan fingerprint density at radius 1 is 1.11 bits per heavy atom. The highest BCUT2D eigenvalue weighted by molar-refractivity contribution is 9.10. The molecule has 1 nitrogen and oxygen atoms in total. The van der Waals surface area contributed by atoms with E-state index in [0.717, 1.165) is 5.56 Å². The van der Waals surface area contributed by atoms with Crippen molar-refractivity contribution in [3.05, 3.63) is 64.4 Å². The van der Waals surface area contributed by atoms with Crippen LogP contribution >= 0.6 is 15.9 Å². The van der Waals surface area contributed by atoms with Gasteiger partial charge in [-0.05, 0) is 46.3 Å². The molecule has 0 bridgehead atoms. The standard InChI is InChI=1S/C15H10BrFO/c16-14-11-13(8-9-15(14)17)18-10-4-7-12-5-2-1-3-6-12/h1-3,5-6,8-9,11H,10H2. The fraction of sp³-hybridized carbons (Fsp3) is 0.0667. The Kier molecular flexibility index (Phi) is 4.38. The van der Waals surface area contributed by atoms with Gasteiger partial charge in [0.25, 0.3) is 0 Å². The predicted octanol–water partition coefficient (Wildman–Crippen LogP) is 4.02. The minimum atomic E-state index is -0.308. The first-order valence-corrected chi connectivity index (χ1v) is 6.17. The highest BCUT2D eigenvalue weighted by atomic mass is 79.9. The first-order valence-electron chi connectivity index (χ1n) is 5.37. The maximum atomic E-state index is 13.0. The second kappa shape index (κ2) is 6.23. The van der Waals surface area contributed by atoms with Crippen LogP contribution in [-0.4, -0.2) is 6.61 Å². The highest BCUT2D eigenvalue weighted by Gasteiger charge is 1.99. The lowest BCUT2D eigenvalue weighted by Gasteiger charge is -2.02. The van der Waals surface area contributed by atoms with Crippen LogP contribution in [0.1, 0.15) is 5.56 Å². The zero-order valence-electron chi connectivity index (χ0n) is 9.49. The molecule has 0 fully saturated rings. The van der Waals surface area contributed by atoms with Crippen LogP contribution in [0.4, 0.5) is 4.39 Å². The van der Waals surface area contributed by atoms with E-state index in [9.17, 15) is 4.39 Å². The molecular formula is C15H10BrFO. The fourth-order valence-corrected chi connectivity index (χ4v) is 1.70. The van der Waals surface area contributed by atoms with E-state index in [1.165, 1.54) is 6.07 Å². The van der Waals surface area contributed by atoms with Crippen LogP contribution < -0.4 is 4.74 Å². The average molecular weight is 305 g/mol. The Morgan fingerprint density at radius 3 is 2.61 bits per heavy atom. The lowest BCUT2D eigenvalue weighted by atomic mass is 10.2. The summed E-state index contributed by atoms with van der Waals surface area (Å²) in [6.45, 7) is 0.271. The van der Waals surface area contributed by atoms with E-state index >= 15 is 0 Å². The molecule has 0 amide bonds. The molecule has 0 aliphatic heterocycles. The van der Waals surface area contributed by atoms with Gasteiger partial charge in [-0.25, -0.2) is 4.39 Å². The molecule has 0 unspecified atom stereocenters. The van der Waals surface area contributed by atoms with Gasteiger partial charge >= 0.3 is 0 Å². The number of hydrogen-bond donors (Lipinski definition) is 0. The molecule has 18 heavy (non-hydrogen) atoms. The van der Waals surface area contributed by atoms with Crippen molar-refractivity contribution in [1.82, 2.24) is 0 Å².